The van der Waals surface area contributed by atoms with Crippen LogP contribution in [0, 0.1) is 11.3 Å². The van der Waals surface area contributed by atoms with Crippen molar-refractivity contribution in [3.05, 3.63) is 216 Å². The zero-order chi connectivity index (χ0) is 34.6. The van der Waals surface area contributed by atoms with E-state index in [1.165, 1.54) is 27.8 Å². The number of nitriles is 1. The van der Waals surface area contributed by atoms with Crippen molar-refractivity contribution in [2.45, 2.75) is 5.41 Å². The molecule has 2 aliphatic rings. The first kappa shape index (κ1) is 29.9. The summed E-state index contributed by atoms with van der Waals surface area (Å²) < 4.78 is 6.76. The molecule has 0 atom stereocenters. The van der Waals surface area contributed by atoms with Gasteiger partial charge in [-0.2, -0.15) is 5.26 Å². The molecule has 242 valence electrons. The highest BCUT2D eigenvalue weighted by Gasteiger charge is 2.50. The van der Waals surface area contributed by atoms with Gasteiger partial charge in [-0.25, -0.2) is 0 Å². The number of benzene rings is 8. The molecule has 1 spiro atoms. The summed E-state index contributed by atoms with van der Waals surface area (Å²) >= 11 is 0. The van der Waals surface area contributed by atoms with Crippen LogP contribution in [0.15, 0.2) is 188 Å². The molecule has 2 nitrogen and oxygen atoms in total. The molecule has 1 aliphatic heterocycles. The lowest BCUT2D eigenvalue weighted by atomic mass is 9.66. The van der Waals surface area contributed by atoms with Gasteiger partial charge in [0.05, 0.1) is 11.0 Å². The van der Waals surface area contributed by atoms with Gasteiger partial charge in [0.15, 0.2) is 0 Å². The Morgan fingerprint density at radius 1 is 0.346 bits per heavy atom. The fraction of sp³-hybridized carbons (Fsp3) is 0.0200. The van der Waals surface area contributed by atoms with Crippen molar-refractivity contribution < 1.29 is 4.74 Å². The number of hydrogen-bond donors (Lipinski definition) is 0. The summed E-state index contributed by atoms with van der Waals surface area (Å²) in [7, 11) is 0. The maximum absolute atomic E-state index is 10.4. The minimum absolute atomic E-state index is 0.470. The number of fused-ring (bicyclic) bond motifs is 9. The highest BCUT2D eigenvalue weighted by molar-refractivity contribution is 5.90. The topological polar surface area (TPSA) is 33.0 Å². The fourth-order valence-electron chi connectivity index (χ4n) is 8.52. The van der Waals surface area contributed by atoms with E-state index in [2.05, 4.69) is 158 Å². The van der Waals surface area contributed by atoms with Crippen molar-refractivity contribution in [3.8, 4) is 73.2 Å². The zero-order valence-corrected chi connectivity index (χ0v) is 28.3. The molecule has 0 unspecified atom stereocenters. The predicted octanol–water partition coefficient (Wildman–Crippen LogP) is 12.7. The highest BCUT2D eigenvalue weighted by Crippen LogP contribution is 2.62. The van der Waals surface area contributed by atoms with Crippen molar-refractivity contribution in [1.29, 1.82) is 5.26 Å². The minimum atomic E-state index is -0.470. The molecule has 1 aliphatic carbocycles. The highest BCUT2D eigenvalue weighted by atomic mass is 16.5. The molecule has 0 saturated heterocycles. The quantitative estimate of drug-likeness (QED) is 0.188. The predicted molar refractivity (Wildman–Crippen MR) is 210 cm³/mol. The van der Waals surface area contributed by atoms with E-state index in [1.807, 2.05) is 36.4 Å². The molecule has 8 aromatic carbocycles. The Hall–Kier alpha value is -6.95. The largest absolute Gasteiger partial charge is 0.457 e. The summed E-state index contributed by atoms with van der Waals surface area (Å²) in [5.74, 6) is 1.76. The van der Waals surface area contributed by atoms with E-state index in [1.54, 1.807) is 0 Å². The van der Waals surface area contributed by atoms with Gasteiger partial charge in [-0.1, -0.05) is 164 Å². The second-order valence-corrected chi connectivity index (χ2v) is 13.5. The molecule has 0 bridgehead atoms. The van der Waals surface area contributed by atoms with Gasteiger partial charge >= 0.3 is 0 Å². The van der Waals surface area contributed by atoms with Crippen LogP contribution in [-0.4, -0.2) is 0 Å². The third-order valence-corrected chi connectivity index (χ3v) is 10.8. The van der Waals surface area contributed by atoms with Crippen LogP contribution in [0.1, 0.15) is 27.8 Å². The Balaban J connectivity index is 1.09. The van der Waals surface area contributed by atoms with E-state index in [-0.39, 0.29) is 0 Å². The molecule has 0 fully saturated rings. The first-order chi connectivity index (χ1) is 25.7. The van der Waals surface area contributed by atoms with Gasteiger partial charge in [0.25, 0.3) is 0 Å². The normalized spacial score (nSPS) is 12.9. The van der Waals surface area contributed by atoms with Crippen LogP contribution >= 0.6 is 0 Å². The summed E-state index contributed by atoms with van der Waals surface area (Å²) in [6.07, 6.45) is 0. The molecule has 0 amide bonds. The van der Waals surface area contributed by atoms with Gasteiger partial charge in [-0.15, -0.1) is 0 Å². The minimum Gasteiger partial charge on any atom is -0.457 e. The number of para-hydroxylation sites is 1. The molecular formula is C50H31NO. The SMILES string of the molecule is N#Cc1c(-c2ccccc2)cc(-c2ccc(-c3ccc4c(c3)Oc3ccccc3C43c4ccccc4-c4ccccc43)cc2)cc1-c1ccccc1. The van der Waals surface area contributed by atoms with Gasteiger partial charge in [-0.3, -0.25) is 0 Å². The first-order valence-electron chi connectivity index (χ1n) is 17.6. The van der Waals surface area contributed by atoms with Crippen molar-refractivity contribution in [3.63, 3.8) is 0 Å². The molecule has 0 N–H and O–H groups in total. The number of nitrogens with zero attached hydrogens (tertiary/aromatic N) is 1. The molecule has 52 heavy (non-hydrogen) atoms. The van der Waals surface area contributed by atoms with Crippen molar-refractivity contribution in [2.24, 2.45) is 0 Å². The third-order valence-electron chi connectivity index (χ3n) is 10.8. The number of ether oxygens (including phenoxy) is 1. The maximum atomic E-state index is 10.4. The van der Waals surface area contributed by atoms with E-state index in [0.717, 1.165) is 61.6 Å². The Bertz CT molecular complexity index is 2600. The average Bonchev–Trinajstić information content (AvgIpc) is 3.51. The van der Waals surface area contributed by atoms with Gasteiger partial charge in [-0.05, 0) is 79.9 Å². The third kappa shape index (κ3) is 4.43. The van der Waals surface area contributed by atoms with E-state index in [0.29, 0.717) is 5.56 Å². The van der Waals surface area contributed by atoms with Gasteiger partial charge < -0.3 is 4.74 Å². The monoisotopic (exact) mass is 661 g/mol. The maximum Gasteiger partial charge on any atom is 0.132 e. The van der Waals surface area contributed by atoms with Crippen LogP contribution in [-0.2, 0) is 5.41 Å². The van der Waals surface area contributed by atoms with Gasteiger partial charge in [0, 0.05) is 22.3 Å². The zero-order valence-electron chi connectivity index (χ0n) is 28.3. The van der Waals surface area contributed by atoms with Crippen LogP contribution in [0.4, 0.5) is 0 Å². The number of hydrogen-bond acceptors (Lipinski definition) is 2. The van der Waals surface area contributed by atoms with Crippen LogP contribution in [0.5, 0.6) is 11.5 Å². The molecule has 1 heterocycles. The lowest BCUT2D eigenvalue weighted by molar-refractivity contribution is 0.436. The van der Waals surface area contributed by atoms with Crippen molar-refractivity contribution >= 4 is 0 Å². The second-order valence-electron chi connectivity index (χ2n) is 13.5. The van der Waals surface area contributed by atoms with E-state index in [4.69, 9.17) is 4.74 Å². The summed E-state index contributed by atoms with van der Waals surface area (Å²) in [6, 6.07) is 68.8. The van der Waals surface area contributed by atoms with Crippen LogP contribution in [0.3, 0.4) is 0 Å². The van der Waals surface area contributed by atoms with E-state index >= 15 is 0 Å². The molecule has 2 heteroatoms. The lowest BCUT2D eigenvalue weighted by Gasteiger charge is -2.39. The average molecular weight is 662 g/mol. The van der Waals surface area contributed by atoms with Crippen LogP contribution in [0.25, 0.3) is 55.6 Å². The lowest BCUT2D eigenvalue weighted by Crippen LogP contribution is -2.32. The van der Waals surface area contributed by atoms with Crippen molar-refractivity contribution in [2.75, 3.05) is 0 Å². The Kier molecular flexibility index (Phi) is 6.81. The Morgan fingerprint density at radius 3 is 1.38 bits per heavy atom. The van der Waals surface area contributed by atoms with E-state index in [9.17, 15) is 5.26 Å². The summed E-state index contributed by atoms with van der Waals surface area (Å²) in [4.78, 5) is 0. The standard InChI is InChI=1S/C50H31NO/c51-32-43-41(35-13-3-1-4-14-35)29-38(30-42(43)36-15-5-2-6-16-36)34-25-23-33(24-26-34)37-27-28-47-49(31-37)52-48-22-12-11-21-46(48)50(47)44-19-9-7-17-39(44)40-18-8-10-20-45(40)50/h1-31H. The summed E-state index contributed by atoms with van der Waals surface area (Å²) in [6.45, 7) is 0. The summed E-state index contributed by atoms with van der Waals surface area (Å²) in [5, 5.41) is 10.4. The Labute approximate surface area is 303 Å². The molecule has 0 aromatic heterocycles. The van der Waals surface area contributed by atoms with Gasteiger partial charge in [0.2, 0.25) is 0 Å². The molecular weight excluding hydrogens is 631 g/mol. The van der Waals surface area contributed by atoms with E-state index < -0.39 is 5.41 Å². The first-order valence-corrected chi connectivity index (χ1v) is 17.6. The Morgan fingerprint density at radius 2 is 0.808 bits per heavy atom. The molecule has 8 aromatic rings. The van der Waals surface area contributed by atoms with Crippen LogP contribution in [0.2, 0.25) is 0 Å². The molecule has 0 saturated carbocycles. The number of rotatable bonds is 4. The smallest absolute Gasteiger partial charge is 0.132 e. The second kappa shape index (κ2) is 11.8. The fourth-order valence-corrected chi connectivity index (χ4v) is 8.52. The molecule has 0 radical (unpaired) electrons. The summed E-state index contributed by atoms with van der Waals surface area (Å²) in [5.41, 5.74) is 15.9. The van der Waals surface area contributed by atoms with Gasteiger partial charge in [0.1, 0.15) is 17.6 Å². The van der Waals surface area contributed by atoms with Crippen LogP contribution < -0.4 is 4.74 Å². The molecule has 10 rings (SSSR count). The van der Waals surface area contributed by atoms with Crippen molar-refractivity contribution in [1.82, 2.24) is 0 Å².